The Morgan fingerprint density at radius 3 is 2.83 bits per heavy atom. The summed E-state index contributed by atoms with van der Waals surface area (Å²) in [6, 6.07) is 7.52. The van der Waals surface area contributed by atoms with E-state index >= 15 is 0 Å². The number of carbonyl (C=O) groups is 1. The van der Waals surface area contributed by atoms with Gasteiger partial charge in [-0.25, -0.2) is 9.67 Å². The molecule has 2 saturated heterocycles. The summed E-state index contributed by atoms with van der Waals surface area (Å²) in [6.07, 6.45) is 8.07. The number of fused-ring (bicyclic) bond motifs is 1. The molecule has 2 aliphatic heterocycles. The lowest BCUT2D eigenvalue weighted by Gasteiger charge is -2.26. The molecule has 0 bridgehead atoms. The van der Waals surface area contributed by atoms with Crippen LogP contribution in [-0.4, -0.2) is 71.5 Å². The molecule has 1 amide bonds. The number of amides is 1. The molecule has 1 atom stereocenters. The Morgan fingerprint density at radius 2 is 2.00 bits per heavy atom. The van der Waals surface area contributed by atoms with Crippen molar-refractivity contribution in [3.8, 4) is 17.1 Å². The van der Waals surface area contributed by atoms with Crippen LogP contribution in [0.25, 0.3) is 28.1 Å². The van der Waals surface area contributed by atoms with Crippen LogP contribution in [0.15, 0.2) is 43.0 Å². The maximum atomic E-state index is 12.9. The zero-order valence-corrected chi connectivity index (χ0v) is 20.6. The molecule has 0 spiro atoms. The Morgan fingerprint density at radius 1 is 1.11 bits per heavy atom. The normalized spacial score (nSPS) is 18.8. The third kappa shape index (κ3) is 4.41. The van der Waals surface area contributed by atoms with Gasteiger partial charge in [-0.3, -0.25) is 9.36 Å². The molecule has 0 N–H and O–H groups in total. The molecule has 2 fully saturated rings. The van der Waals surface area contributed by atoms with Crippen molar-refractivity contribution in [1.29, 1.82) is 0 Å². The third-order valence-electron chi connectivity index (χ3n) is 6.38. The maximum absolute atomic E-state index is 12.9. The van der Waals surface area contributed by atoms with E-state index in [1.54, 1.807) is 23.4 Å². The minimum absolute atomic E-state index is 0.0155. The number of benzene rings is 1. The van der Waals surface area contributed by atoms with Gasteiger partial charge in [0, 0.05) is 53.4 Å². The Balaban J connectivity index is 1.34. The first kappa shape index (κ1) is 22.5. The lowest BCUT2D eigenvalue weighted by molar-refractivity contribution is -0.0311. The topological polar surface area (TPSA) is 91.0 Å². The van der Waals surface area contributed by atoms with Crippen molar-refractivity contribution >= 4 is 40.3 Å². The van der Waals surface area contributed by atoms with Crippen LogP contribution in [0, 0.1) is 0 Å². The highest BCUT2D eigenvalue weighted by atomic mass is 35.5. The van der Waals surface area contributed by atoms with E-state index in [-0.39, 0.29) is 12.1 Å². The SMILES string of the molecule is O=C(c1cnc2c(cnn2-c2cc(Cl)cc(-c3nncn3C3CCCCO3)c2)c1)N1CCSCC1. The molecule has 1 unspecified atom stereocenters. The standard InChI is InChI=1S/C24H24ClN7O2S/c25-19-10-16(23-29-27-15-31(23)21-3-1-2-6-34-21)11-20(12-19)32-22-17(14-28-32)9-18(13-26-22)24(33)30-4-7-35-8-5-30/h9-15,21H,1-8H2. The van der Waals surface area contributed by atoms with Gasteiger partial charge in [-0.1, -0.05) is 11.6 Å². The molecule has 5 heterocycles. The average molecular weight is 510 g/mol. The summed E-state index contributed by atoms with van der Waals surface area (Å²) in [4.78, 5) is 19.4. The molecule has 4 aromatic rings. The molecular formula is C24H24ClN7O2S. The van der Waals surface area contributed by atoms with Crippen LogP contribution in [-0.2, 0) is 4.74 Å². The van der Waals surface area contributed by atoms with Crippen LogP contribution < -0.4 is 0 Å². The minimum atomic E-state index is -0.0853. The van der Waals surface area contributed by atoms with Gasteiger partial charge in [-0.05, 0) is 43.5 Å². The molecule has 1 aromatic carbocycles. The molecule has 180 valence electrons. The van der Waals surface area contributed by atoms with Crippen molar-refractivity contribution in [2.24, 2.45) is 0 Å². The van der Waals surface area contributed by atoms with Gasteiger partial charge >= 0.3 is 0 Å². The number of nitrogens with zero attached hydrogens (tertiary/aromatic N) is 7. The Kier molecular flexibility index (Phi) is 6.17. The summed E-state index contributed by atoms with van der Waals surface area (Å²) < 4.78 is 9.63. The number of halogens is 1. The highest BCUT2D eigenvalue weighted by molar-refractivity contribution is 7.99. The number of aromatic nitrogens is 6. The van der Waals surface area contributed by atoms with E-state index in [1.165, 1.54) is 0 Å². The average Bonchev–Trinajstić information content (AvgIpc) is 3.56. The zero-order chi connectivity index (χ0) is 23.8. The highest BCUT2D eigenvalue weighted by Crippen LogP contribution is 2.31. The number of hydrogen-bond donors (Lipinski definition) is 0. The van der Waals surface area contributed by atoms with Gasteiger partial charge in [0.2, 0.25) is 0 Å². The fourth-order valence-electron chi connectivity index (χ4n) is 4.60. The van der Waals surface area contributed by atoms with Gasteiger partial charge in [0.15, 0.2) is 11.5 Å². The van der Waals surface area contributed by atoms with E-state index in [4.69, 9.17) is 16.3 Å². The van der Waals surface area contributed by atoms with Gasteiger partial charge in [-0.2, -0.15) is 16.9 Å². The number of hydrogen-bond acceptors (Lipinski definition) is 7. The lowest BCUT2D eigenvalue weighted by atomic mass is 10.1. The van der Waals surface area contributed by atoms with Crippen molar-refractivity contribution < 1.29 is 9.53 Å². The van der Waals surface area contributed by atoms with Crippen molar-refractivity contribution in [2.75, 3.05) is 31.2 Å². The van der Waals surface area contributed by atoms with Crippen LogP contribution in [0.2, 0.25) is 5.02 Å². The molecular weight excluding hydrogens is 486 g/mol. The molecule has 11 heteroatoms. The van der Waals surface area contributed by atoms with E-state index < -0.39 is 0 Å². The van der Waals surface area contributed by atoms with Gasteiger partial charge in [0.25, 0.3) is 5.91 Å². The summed E-state index contributed by atoms with van der Waals surface area (Å²) in [5, 5.41) is 14.4. The Labute approximate surface area is 211 Å². The van der Waals surface area contributed by atoms with E-state index in [0.717, 1.165) is 67.1 Å². The molecule has 35 heavy (non-hydrogen) atoms. The first-order valence-corrected chi connectivity index (χ1v) is 13.2. The highest BCUT2D eigenvalue weighted by Gasteiger charge is 2.22. The number of thioether (sulfide) groups is 1. The molecule has 0 radical (unpaired) electrons. The summed E-state index contributed by atoms with van der Waals surface area (Å²) in [5.74, 6) is 2.65. The smallest absolute Gasteiger partial charge is 0.255 e. The number of rotatable bonds is 4. The number of pyridine rings is 1. The summed E-state index contributed by atoms with van der Waals surface area (Å²) in [5.41, 5.74) is 2.80. The summed E-state index contributed by atoms with van der Waals surface area (Å²) in [6.45, 7) is 2.26. The van der Waals surface area contributed by atoms with Gasteiger partial charge in [0.1, 0.15) is 12.6 Å². The second-order valence-electron chi connectivity index (χ2n) is 8.68. The van der Waals surface area contributed by atoms with Gasteiger partial charge < -0.3 is 9.64 Å². The van der Waals surface area contributed by atoms with Crippen molar-refractivity contribution in [1.82, 2.24) is 34.4 Å². The second kappa shape index (κ2) is 9.60. The van der Waals surface area contributed by atoms with E-state index in [1.807, 2.05) is 45.5 Å². The molecule has 9 nitrogen and oxygen atoms in total. The van der Waals surface area contributed by atoms with E-state index in [9.17, 15) is 4.79 Å². The Bertz CT molecular complexity index is 1380. The third-order valence-corrected chi connectivity index (χ3v) is 7.54. The fourth-order valence-corrected chi connectivity index (χ4v) is 5.74. The minimum Gasteiger partial charge on any atom is -0.358 e. The van der Waals surface area contributed by atoms with Crippen LogP contribution in [0.3, 0.4) is 0 Å². The van der Waals surface area contributed by atoms with Gasteiger partial charge in [0.05, 0.1) is 17.4 Å². The lowest BCUT2D eigenvalue weighted by Crippen LogP contribution is -2.37. The fraction of sp³-hybridized carbons (Fsp3) is 0.375. The number of ether oxygens (including phenoxy) is 1. The second-order valence-corrected chi connectivity index (χ2v) is 10.3. The first-order chi connectivity index (χ1) is 17.2. The quantitative estimate of drug-likeness (QED) is 0.406. The molecule has 3 aromatic heterocycles. The van der Waals surface area contributed by atoms with E-state index in [2.05, 4.69) is 20.3 Å². The van der Waals surface area contributed by atoms with Crippen LogP contribution in [0.5, 0.6) is 0 Å². The van der Waals surface area contributed by atoms with Crippen LogP contribution in [0.4, 0.5) is 0 Å². The molecule has 6 rings (SSSR count). The maximum Gasteiger partial charge on any atom is 0.255 e. The van der Waals surface area contributed by atoms with E-state index in [0.29, 0.717) is 22.1 Å². The number of carbonyl (C=O) groups excluding carboxylic acids is 1. The van der Waals surface area contributed by atoms with Crippen LogP contribution >= 0.6 is 23.4 Å². The predicted octanol–water partition coefficient (Wildman–Crippen LogP) is 4.22. The zero-order valence-electron chi connectivity index (χ0n) is 19.0. The first-order valence-electron chi connectivity index (χ1n) is 11.7. The van der Waals surface area contributed by atoms with Gasteiger partial charge in [-0.15, -0.1) is 10.2 Å². The van der Waals surface area contributed by atoms with Crippen molar-refractivity contribution in [3.05, 3.63) is 53.6 Å². The predicted molar refractivity (Wildman–Crippen MR) is 135 cm³/mol. The summed E-state index contributed by atoms with van der Waals surface area (Å²) >= 11 is 8.40. The Hall–Kier alpha value is -2.95. The largest absolute Gasteiger partial charge is 0.358 e. The van der Waals surface area contributed by atoms with Crippen molar-refractivity contribution in [2.45, 2.75) is 25.5 Å². The monoisotopic (exact) mass is 509 g/mol. The van der Waals surface area contributed by atoms with Crippen LogP contribution in [0.1, 0.15) is 35.8 Å². The molecule has 0 saturated carbocycles. The summed E-state index contributed by atoms with van der Waals surface area (Å²) in [7, 11) is 0. The molecule has 0 aliphatic carbocycles. The van der Waals surface area contributed by atoms with Crippen molar-refractivity contribution in [3.63, 3.8) is 0 Å². The molecule has 2 aliphatic rings.